The Kier molecular flexibility index (Phi) is 7.38. The zero-order chi connectivity index (χ0) is 26.9. The van der Waals surface area contributed by atoms with Crippen molar-refractivity contribution in [2.75, 3.05) is 18.7 Å². The molecule has 1 aliphatic carbocycles. The lowest BCUT2D eigenvalue weighted by Crippen LogP contribution is -2.34. The Morgan fingerprint density at radius 3 is 2.66 bits per heavy atom. The van der Waals surface area contributed by atoms with Gasteiger partial charge in [-0.15, -0.1) is 0 Å². The molecular weight excluding hydrogens is 508 g/mol. The number of hydrogen-bond donors (Lipinski definition) is 1. The highest BCUT2D eigenvalue weighted by Gasteiger charge is 2.31. The van der Waals surface area contributed by atoms with E-state index in [-0.39, 0.29) is 18.6 Å². The Morgan fingerprint density at radius 2 is 1.92 bits per heavy atom. The first-order chi connectivity index (χ1) is 18.2. The van der Waals surface area contributed by atoms with Crippen molar-refractivity contribution in [2.45, 2.75) is 64.7 Å². The molecule has 9 nitrogen and oxygen atoms in total. The van der Waals surface area contributed by atoms with E-state index in [2.05, 4.69) is 15.2 Å². The number of hydroxylamine groups is 1. The van der Waals surface area contributed by atoms with Gasteiger partial charge in [-0.05, 0) is 70.7 Å². The summed E-state index contributed by atoms with van der Waals surface area (Å²) in [4.78, 5) is 21.6. The van der Waals surface area contributed by atoms with Crippen LogP contribution in [-0.2, 0) is 16.1 Å². The molecule has 202 valence electrons. The minimum absolute atomic E-state index is 0.134. The molecule has 10 heteroatoms. The van der Waals surface area contributed by atoms with Gasteiger partial charge in [0.1, 0.15) is 22.8 Å². The van der Waals surface area contributed by atoms with Crippen LogP contribution < -0.4 is 25.2 Å². The maximum atomic E-state index is 12.5. The molecule has 1 N–H and O–H groups in total. The molecule has 0 amide bonds. The maximum Gasteiger partial charge on any atom is 0.533 e. The van der Waals surface area contributed by atoms with E-state index >= 15 is 0 Å². The number of H-pyrrole nitrogens is 1. The topological polar surface area (TPSA) is 97.7 Å². The Labute approximate surface area is 226 Å². The molecule has 1 aromatic heterocycles. The van der Waals surface area contributed by atoms with Gasteiger partial charge in [-0.2, -0.15) is 15.3 Å². The zero-order valence-electron chi connectivity index (χ0n) is 22.1. The molecule has 0 unspecified atom stereocenters. The van der Waals surface area contributed by atoms with Crippen molar-refractivity contribution in [3.63, 3.8) is 0 Å². The van der Waals surface area contributed by atoms with Crippen molar-refractivity contribution < 1.29 is 23.8 Å². The summed E-state index contributed by atoms with van der Waals surface area (Å²) in [5, 5.41) is 12.8. The summed E-state index contributed by atoms with van der Waals surface area (Å²) in [5.74, 6) is 1.83. The van der Waals surface area contributed by atoms with Crippen LogP contribution in [0.3, 0.4) is 0 Å². The van der Waals surface area contributed by atoms with E-state index in [1.54, 1.807) is 34.0 Å². The molecule has 2 aliphatic heterocycles. The van der Waals surface area contributed by atoms with Gasteiger partial charge >= 0.3 is 6.16 Å². The molecule has 1 saturated carbocycles. The molecule has 1 aromatic carbocycles. The van der Waals surface area contributed by atoms with Gasteiger partial charge in [-0.3, -0.25) is 0 Å². The fourth-order valence-electron chi connectivity index (χ4n) is 5.05. The Bertz CT molecular complexity index is 1380. The van der Waals surface area contributed by atoms with E-state index in [0.29, 0.717) is 11.6 Å². The highest BCUT2D eigenvalue weighted by Crippen LogP contribution is 2.35. The number of carbonyl (C=O) groups excluding carboxylic acids is 1. The predicted molar refractivity (Wildman–Crippen MR) is 144 cm³/mol. The number of aromatic nitrogens is 1. The van der Waals surface area contributed by atoms with Crippen LogP contribution >= 0.6 is 11.6 Å². The maximum absolute atomic E-state index is 12.5. The van der Waals surface area contributed by atoms with E-state index in [9.17, 15) is 4.79 Å². The van der Waals surface area contributed by atoms with Crippen molar-refractivity contribution in [3.8, 4) is 11.5 Å². The van der Waals surface area contributed by atoms with Crippen LogP contribution in [0.2, 0.25) is 0 Å². The van der Waals surface area contributed by atoms with Crippen molar-refractivity contribution >= 4 is 35.2 Å². The van der Waals surface area contributed by atoms with Gasteiger partial charge < -0.3 is 24.0 Å². The second-order valence-corrected chi connectivity index (χ2v) is 11.1. The van der Waals surface area contributed by atoms with E-state index in [1.165, 1.54) is 5.06 Å². The molecule has 0 bridgehead atoms. The van der Waals surface area contributed by atoms with Crippen LogP contribution in [0.1, 0.15) is 52.0 Å². The number of allylic oxidation sites excluding steroid dienone is 1. The van der Waals surface area contributed by atoms with Gasteiger partial charge in [0, 0.05) is 22.6 Å². The molecule has 0 saturated heterocycles. The lowest BCUT2D eigenvalue weighted by Gasteiger charge is -2.29. The number of rotatable bonds is 5. The lowest BCUT2D eigenvalue weighted by molar-refractivity contribution is -0.0116. The summed E-state index contributed by atoms with van der Waals surface area (Å²) < 4.78 is 16.9. The quantitative estimate of drug-likeness (QED) is 0.515. The summed E-state index contributed by atoms with van der Waals surface area (Å²) in [6, 6.07) is 7.71. The van der Waals surface area contributed by atoms with Crippen LogP contribution in [0.4, 0.5) is 10.5 Å². The molecule has 0 radical (unpaired) electrons. The summed E-state index contributed by atoms with van der Waals surface area (Å²) in [7, 11) is 1.65. The second kappa shape index (κ2) is 10.7. The number of methoxy groups -OCH3 is 1. The SMILES string of the molecule is COc1cccc(O[C@H]2CC[C@H](C3=c4[nH]c5c(c4CN=N3)N(OC(=O)OC(C)(C)C)CC=C(Cl)C=5)CC2)c1. The third-order valence-corrected chi connectivity index (χ3v) is 6.99. The van der Waals surface area contributed by atoms with E-state index < -0.39 is 11.8 Å². The standard InChI is InChI=1S/C28H33ClN4O5/c1-28(2,3)37-27(34)38-33-13-12-18(29)14-23-26(33)22-16-30-32-24(25(22)31-23)17-8-10-19(11-9-17)36-21-7-5-6-20(15-21)35-4/h5-7,12,14-15,17,19,31H,8-11,13,16H2,1-4H3/t17-,19-. The van der Waals surface area contributed by atoms with E-state index in [4.69, 9.17) is 30.6 Å². The molecule has 3 aliphatic rings. The average molecular weight is 541 g/mol. The number of nitrogens with zero attached hydrogens (tertiary/aromatic N) is 3. The van der Waals surface area contributed by atoms with Crippen LogP contribution in [0.25, 0.3) is 11.8 Å². The number of nitrogens with one attached hydrogen (secondary N) is 1. The Balaban J connectivity index is 1.38. The smallest absolute Gasteiger partial charge is 0.497 e. The van der Waals surface area contributed by atoms with Gasteiger partial charge in [0.2, 0.25) is 0 Å². The molecule has 0 spiro atoms. The Hall–Kier alpha value is -3.46. The summed E-state index contributed by atoms with van der Waals surface area (Å²) in [6.45, 7) is 6.04. The van der Waals surface area contributed by atoms with Gasteiger partial charge in [0.05, 0.1) is 42.7 Å². The zero-order valence-corrected chi connectivity index (χ0v) is 22.9. The van der Waals surface area contributed by atoms with Gasteiger partial charge in [-0.25, -0.2) is 4.79 Å². The number of fused-ring (bicyclic) bond motifs is 3. The van der Waals surface area contributed by atoms with Crippen molar-refractivity contribution in [2.24, 2.45) is 16.1 Å². The molecule has 1 fully saturated rings. The minimum atomic E-state index is -0.777. The average Bonchev–Trinajstić information content (AvgIpc) is 3.16. The summed E-state index contributed by atoms with van der Waals surface area (Å²) in [6.07, 6.45) is 6.64. The lowest BCUT2D eigenvalue weighted by atomic mass is 9.84. The monoisotopic (exact) mass is 540 g/mol. The number of carbonyl (C=O) groups is 1. The number of anilines is 1. The Morgan fingerprint density at radius 1 is 1.16 bits per heavy atom. The van der Waals surface area contributed by atoms with Crippen LogP contribution in [0.15, 0.2) is 45.6 Å². The van der Waals surface area contributed by atoms with Crippen molar-refractivity contribution in [1.82, 2.24) is 4.98 Å². The predicted octanol–water partition coefficient (Wildman–Crippen LogP) is 5.33. The van der Waals surface area contributed by atoms with Gasteiger partial charge in [0.25, 0.3) is 0 Å². The van der Waals surface area contributed by atoms with Crippen LogP contribution in [0.5, 0.6) is 11.5 Å². The molecule has 5 rings (SSSR count). The number of aromatic amines is 1. The third kappa shape index (κ3) is 5.83. The first kappa shape index (κ1) is 26.2. The second-order valence-electron chi connectivity index (χ2n) is 10.6. The van der Waals surface area contributed by atoms with E-state index in [1.807, 2.05) is 30.3 Å². The minimum Gasteiger partial charge on any atom is -0.497 e. The normalized spacial score (nSPS) is 20.9. The first-order valence-corrected chi connectivity index (χ1v) is 13.3. The molecule has 2 aromatic rings. The number of azo groups is 1. The largest absolute Gasteiger partial charge is 0.533 e. The summed E-state index contributed by atoms with van der Waals surface area (Å²) >= 11 is 6.42. The van der Waals surface area contributed by atoms with Crippen LogP contribution in [-0.4, -0.2) is 36.5 Å². The first-order valence-electron chi connectivity index (χ1n) is 12.9. The molecular formula is C28H33ClN4O5. The third-order valence-electron chi connectivity index (χ3n) is 6.73. The van der Waals surface area contributed by atoms with Crippen molar-refractivity contribution in [3.05, 3.63) is 51.6 Å². The molecule has 0 atom stereocenters. The fraction of sp³-hybridized carbons (Fsp3) is 0.464. The fourth-order valence-corrected chi connectivity index (χ4v) is 5.23. The number of halogens is 1. The highest BCUT2D eigenvalue weighted by molar-refractivity contribution is 6.34. The van der Waals surface area contributed by atoms with Crippen LogP contribution in [0, 0.1) is 5.92 Å². The van der Waals surface area contributed by atoms with Crippen molar-refractivity contribution in [1.29, 1.82) is 0 Å². The van der Waals surface area contributed by atoms with Gasteiger partial charge in [-0.1, -0.05) is 17.7 Å². The van der Waals surface area contributed by atoms with E-state index in [0.717, 1.165) is 64.8 Å². The number of hydrogen-bond acceptors (Lipinski definition) is 8. The summed E-state index contributed by atoms with van der Waals surface area (Å²) in [5.41, 5.74) is 1.90. The molecule has 3 heterocycles. The number of benzene rings is 1. The van der Waals surface area contributed by atoms with Gasteiger partial charge in [0.15, 0.2) is 0 Å². The molecule has 38 heavy (non-hydrogen) atoms. The highest BCUT2D eigenvalue weighted by atomic mass is 35.5. The number of ether oxygens (including phenoxy) is 3.